The lowest BCUT2D eigenvalue weighted by atomic mass is 9.96. The van der Waals surface area contributed by atoms with Crippen LogP contribution in [0.1, 0.15) is 118 Å². The van der Waals surface area contributed by atoms with Crippen molar-refractivity contribution in [2.24, 2.45) is 0 Å². The fourth-order valence-electron chi connectivity index (χ4n) is 8.32. The van der Waals surface area contributed by atoms with Gasteiger partial charge in [0.25, 0.3) is 0 Å². The van der Waals surface area contributed by atoms with Crippen molar-refractivity contribution in [2.45, 2.75) is 247 Å². The van der Waals surface area contributed by atoms with Gasteiger partial charge in [0, 0.05) is 13.5 Å². The largest absolute Gasteiger partial charge is 0.469 e. The number of hydrogen-bond donors (Lipinski definition) is 8. The molecule has 19 nitrogen and oxygen atoms in total. The minimum Gasteiger partial charge on any atom is -0.469 e. The van der Waals surface area contributed by atoms with E-state index < -0.39 is 123 Å². The first-order chi connectivity index (χ1) is 29.0. The fraction of sp³-hybridized carbons (Fsp3) is 0.976. The van der Waals surface area contributed by atoms with Gasteiger partial charge in [-0.2, -0.15) is 0 Å². The Morgan fingerprint density at radius 3 is 1.49 bits per heavy atom. The van der Waals surface area contributed by atoms with Crippen LogP contribution in [-0.2, 0) is 52.2 Å². The first-order valence-corrected chi connectivity index (χ1v) is 22.3. The van der Waals surface area contributed by atoms with Crippen LogP contribution in [0.4, 0.5) is 0 Å². The molecule has 0 saturated carbocycles. The highest BCUT2D eigenvalue weighted by molar-refractivity contribution is 5.68. The van der Waals surface area contributed by atoms with Crippen LogP contribution < -0.4 is 0 Å². The minimum atomic E-state index is -1.79. The quantitative estimate of drug-likeness (QED) is 0.0518. The van der Waals surface area contributed by atoms with E-state index in [2.05, 4.69) is 6.92 Å². The van der Waals surface area contributed by atoms with Gasteiger partial charge in [-0.1, -0.05) is 64.7 Å². The molecular formula is C42H76O19. The molecule has 0 amide bonds. The van der Waals surface area contributed by atoms with Gasteiger partial charge in [-0.25, -0.2) is 0 Å². The minimum absolute atomic E-state index is 0.194. The van der Waals surface area contributed by atoms with Gasteiger partial charge in [0.15, 0.2) is 25.2 Å². The molecule has 358 valence electrons. The monoisotopic (exact) mass is 884 g/mol. The van der Waals surface area contributed by atoms with Crippen molar-refractivity contribution in [3.8, 4) is 0 Å². The van der Waals surface area contributed by atoms with Gasteiger partial charge in [-0.3, -0.25) is 4.79 Å². The van der Waals surface area contributed by atoms with E-state index in [9.17, 15) is 45.6 Å². The number of esters is 1. The fourth-order valence-corrected chi connectivity index (χ4v) is 8.32. The third-order valence-corrected chi connectivity index (χ3v) is 12.4. The van der Waals surface area contributed by atoms with Crippen LogP contribution in [0.2, 0.25) is 0 Å². The van der Waals surface area contributed by atoms with Crippen molar-refractivity contribution >= 4 is 5.97 Å². The van der Waals surface area contributed by atoms with Gasteiger partial charge in [0.1, 0.15) is 73.2 Å². The van der Waals surface area contributed by atoms with E-state index in [1.807, 2.05) is 0 Å². The molecule has 4 rings (SSSR count). The molecule has 61 heavy (non-hydrogen) atoms. The van der Waals surface area contributed by atoms with Gasteiger partial charge in [-0.15, -0.1) is 0 Å². The van der Waals surface area contributed by atoms with Crippen LogP contribution in [0.5, 0.6) is 0 Å². The van der Waals surface area contributed by atoms with E-state index in [1.54, 1.807) is 6.92 Å². The zero-order valence-corrected chi connectivity index (χ0v) is 36.9. The maximum atomic E-state index is 11.6. The molecule has 4 aliphatic rings. The lowest BCUT2D eigenvalue weighted by Crippen LogP contribution is -2.67. The molecule has 0 aromatic carbocycles. The van der Waals surface area contributed by atoms with Crippen molar-refractivity contribution in [3.63, 3.8) is 0 Å². The summed E-state index contributed by atoms with van der Waals surface area (Å²) in [7, 11) is 2.68. The number of aliphatic hydroxyl groups is 8. The Kier molecular flexibility index (Phi) is 21.9. The molecule has 4 heterocycles. The standard InChI is InChI=1S/C42H76O19/c1-8-9-15-18-25(19-16-13-11-10-12-14-17-20-26(43)52-6)58-41-37(33(50)29(46)23(4)56-41)60-42-38(61-39-34(51)31(48)27(44)21(2)54-39)35(30(47)24(5)57-42)59-40-36(53-7)32(49)28(45)22(3)55-40/h21-25,27-42,44-51H,8-20H2,1-7H3/t21-,22+,23+,24+,25+,27-,28+,29+,30+,31+,32-,33-,34+,35-,36+,37+,38+,39-,40-,41-,42-/m0/s1. The highest BCUT2D eigenvalue weighted by Gasteiger charge is 2.56. The number of carbonyl (C=O) groups excluding carboxylic acids is 1. The second kappa shape index (κ2) is 25.5. The number of methoxy groups -OCH3 is 2. The average molecular weight is 885 g/mol. The highest BCUT2D eigenvalue weighted by atomic mass is 16.8. The normalized spacial score (nSPS) is 42.6. The molecule has 21 atom stereocenters. The molecule has 4 fully saturated rings. The number of aliphatic hydroxyl groups excluding tert-OH is 8. The van der Waals surface area contributed by atoms with Crippen molar-refractivity contribution in [1.82, 2.24) is 0 Å². The molecule has 0 aliphatic carbocycles. The van der Waals surface area contributed by atoms with E-state index in [-0.39, 0.29) is 12.1 Å². The number of hydrogen-bond acceptors (Lipinski definition) is 19. The summed E-state index contributed by atoms with van der Waals surface area (Å²) in [5.74, 6) is -0.194. The summed E-state index contributed by atoms with van der Waals surface area (Å²) in [4.78, 5) is 11.4. The van der Waals surface area contributed by atoms with Gasteiger partial charge >= 0.3 is 5.97 Å². The van der Waals surface area contributed by atoms with Crippen LogP contribution in [0.15, 0.2) is 0 Å². The molecule has 4 saturated heterocycles. The average Bonchev–Trinajstić information content (AvgIpc) is 3.23. The predicted molar refractivity (Wildman–Crippen MR) is 213 cm³/mol. The smallest absolute Gasteiger partial charge is 0.305 e. The molecular weight excluding hydrogens is 808 g/mol. The Bertz CT molecular complexity index is 1250. The first kappa shape index (κ1) is 52.4. The van der Waals surface area contributed by atoms with Gasteiger partial charge in [-0.05, 0) is 47.0 Å². The number of ether oxygens (including phenoxy) is 10. The van der Waals surface area contributed by atoms with Crippen molar-refractivity contribution in [2.75, 3.05) is 14.2 Å². The van der Waals surface area contributed by atoms with Crippen LogP contribution in [0, 0.1) is 0 Å². The molecule has 4 aliphatic heterocycles. The Hall–Kier alpha value is -1.21. The molecule has 0 unspecified atom stereocenters. The summed E-state index contributed by atoms with van der Waals surface area (Å²) in [6.45, 7) is 8.23. The first-order valence-electron chi connectivity index (χ1n) is 22.3. The van der Waals surface area contributed by atoms with E-state index in [1.165, 1.54) is 35.0 Å². The van der Waals surface area contributed by atoms with Crippen molar-refractivity contribution in [3.05, 3.63) is 0 Å². The molecule has 0 spiro atoms. The zero-order chi connectivity index (χ0) is 45.0. The second-order valence-electron chi connectivity index (χ2n) is 17.1. The molecule has 8 N–H and O–H groups in total. The van der Waals surface area contributed by atoms with E-state index in [0.717, 1.165) is 64.2 Å². The SMILES string of the molecule is CCCCC[C@H](CCCCCCCCCC(=O)OC)O[C@@H]1O[C@H](C)[C@@H](O)[C@H](O)[C@H]1O[C@@H]1O[C@H](C)[C@@H](O)[C@H](O[C@@H]2O[C@H](C)[C@@H](O)[C@H](O)[C@H]2OC)[C@H]1O[C@@H]1O[C@@H](C)[C@H](O)[C@@H](O)[C@H]1O. The van der Waals surface area contributed by atoms with Crippen LogP contribution in [0.25, 0.3) is 0 Å². The summed E-state index contributed by atoms with van der Waals surface area (Å²) >= 11 is 0. The number of unbranched alkanes of at least 4 members (excludes halogenated alkanes) is 8. The van der Waals surface area contributed by atoms with Crippen molar-refractivity contribution in [1.29, 1.82) is 0 Å². The lowest BCUT2D eigenvalue weighted by molar-refractivity contribution is -0.406. The topological polar surface area (TPSA) is 271 Å². The lowest BCUT2D eigenvalue weighted by Gasteiger charge is -2.50. The van der Waals surface area contributed by atoms with Gasteiger partial charge < -0.3 is 88.2 Å². The highest BCUT2D eigenvalue weighted by Crippen LogP contribution is 2.37. The van der Waals surface area contributed by atoms with Crippen LogP contribution in [-0.4, -0.2) is 190 Å². The van der Waals surface area contributed by atoms with Crippen LogP contribution >= 0.6 is 0 Å². The third kappa shape index (κ3) is 14.1. The van der Waals surface area contributed by atoms with E-state index >= 15 is 0 Å². The Balaban J connectivity index is 1.57. The van der Waals surface area contributed by atoms with Crippen molar-refractivity contribution < 1.29 is 93.0 Å². The summed E-state index contributed by atoms with van der Waals surface area (Å²) in [6, 6.07) is 0. The Morgan fingerprint density at radius 2 is 0.918 bits per heavy atom. The second-order valence-corrected chi connectivity index (χ2v) is 17.1. The van der Waals surface area contributed by atoms with Crippen LogP contribution in [0.3, 0.4) is 0 Å². The molecule has 19 heteroatoms. The zero-order valence-electron chi connectivity index (χ0n) is 36.9. The summed E-state index contributed by atoms with van der Waals surface area (Å²) in [6.07, 6.45) is -16.5. The third-order valence-electron chi connectivity index (χ3n) is 12.4. The maximum Gasteiger partial charge on any atom is 0.305 e. The van der Waals surface area contributed by atoms with Gasteiger partial charge in [0.2, 0.25) is 0 Å². The van der Waals surface area contributed by atoms with E-state index in [4.69, 9.17) is 47.4 Å². The Labute approximate surface area is 359 Å². The molecule has 0 aromatic heterocycles. The maximum absolute atomic E-state index is 11.6. The molecule has 0 aromatic rings. The number of carbonyl (C=O) groups is 1. The molecule has 0 radical (unpaired) electrons. The number of rotatable bonds is 23. The molecule has 0 bridgehead atoms. The summed E-state index contributed by atoms with van der Waals surface area (Å²) in [5, 5.41) is 87.7. The van der Waals surface area contributed by atoms with Gasteiger partial charge in [0.05, 0.1) is 37.6 Å². The summed E-state index contributed by atoms with van der Waals surface area (Å²) in [5.41, 5.74) is 0. The predicted octanol–water partition coefficient (Wildman–Crippen LogP) is 0.673. The summed E-state index contributed by atoms with van der Waals surface area (Å²) < 4.78 is 59.9. The van der Waals surface area contributed by atoms with E-state index in [0.29, 0.717) is 19.3 Å². The Morgan fingerprint density at radius 1 is 0.475 bits per heavy atom.